The van der Waals surface area contributed by atoms with Crippen LogP contribution in [0.15, 0.2) is 48.5 Å². The number of urea groups is 1. The van der Waals surface area contributed by atoms with Crippen LogP contribution in [0.2, 0.25) is 0 Å². The number of fused-ring (bicyclic) bond motifs is 1. The van der Waals surface area contributed by atoms with Gasteiger partial charge in [-0.2, -0.15) is 0 Å². The van der Waals surface area contributed by atoms with Gasteiger partial charge in [0.05, 0.1) is 24.0 Å². The van der Waals surface area contributed by atoms with Crippen LogP contribution >= 0.6 is 0 Å². The summed E-state index contributed by atoms with van der Waals surface area (Å²) in [5.74, 6) is 0.507. The Bertz CT molecular complexity index is 1150. The lowest BCUT2D eigenvalue weighted by molar-refractivity contribution is -0.130. The van der Waals surface area contributed by atoms with Gasteiger partial charge in [-0.15, -0.1) is 0 Å². The number of nitrogens with one attached hydrogen (secondary N) is 2. The van der Waals surface area contributed by atoms with E-state index in [1.54, 1.807) is 0 Å². The molecule has 0 aliphatic carbocycles. The highest BCUT2D eigenvalue weighted by Gasteiger charge is 2.38. The maximum Gasteiger partial charge on any atom is 0.325 e. The van der Waals surface area contributed by atoms with Crippen molar-refractivity contribution in [3.05, 3.63) is 59.9 Å². The number of carbonyl (C=O) groups is 3. The third-order valence-corrected chi connectivity index (χ3v) is 5.40. The van der Waals surface area contributed by atoms with E-state index in [2.05, 4.69) is 29.5 Å². The van der Waals surface area contributed by atoms with E-state index in [-0.39, 0.29) is 24.8 Å². The predicted octanol–water partition coefficient (Wildman–Crippen LogP) is 3.15. The van der Waals surface area contributed by atoms with Gasteiger partial charge in [0.1, 0.15) is 11.9 Å². The maximum absolute atomic E-state index is 12.6. The summed E-state index contributed by atoms with van der Waals surface area (Å²) in [5, 5.41) is 5.41. The van der Waals surface area contributed by atoms with Crippen LogP contribution in [-0.4, -0.2) is 38.3 Å². The van der Waals surface area contributed by atoms with Crippen molar-refractivity contribution < 1.29 is 14.4 Å². The molecule has 3 aromatic rings. The van der Waals surface area contributed by atoms with Crippen molar-refractivity contribution in [1.82, 2.24) is 19.8 Å². The fourth-order valence-electron chi connectivity index (χ4n) is 3.84. The van der Waals surface area contributed by atoms with Crippen LogP contribution in [0.3, 0.4) is 0 Å². The summed E-state index contributed by atoms with van der Waals surface area (Å²) in [6.07, 6.45) is -0.132. The maximum atomic E-state index is 12.6. The summed E-state index contributed by atoms with van der Waals surface area (Å²) >= 11 is 0. The Labute approximate surface area is 180 Å². The highest BCUT2D eigenvalue weighted by molar-refractivity contribution is 6.07. The van der Waals surface area contributed by atoms with Gasteiger partial charge in [-0.25, -0.2) is 9.78 Å². The van der Waals surface area contributed by atoms with Gasteiger partial charge < -0.3 is 15.2 Å². The summed E-state index contributed by atoms with van der Waals surface area (Å²) in [6, 6.07) is 13.4. The van der Waals surface area contributed by atoms with Crippen LogP contribution in [-0.2, 0) is 23.2 Å². The average Bonchev–Trinajstić information content (AvgIpc) is 3.20. The molecule has 1 fully saturated rings. The second-order valence-corrected chi connectivity index (χ2v) is 8.05. The minimum absolute atomic E-state index is 0.132. The number of carbonyl (C=O) groups excluding carboxylic acids is 3. The molecule has 8 heteroatoms. The van der Waals surface area contributed by atoms with Crippen LogP contribution in [0.1, 0.15) is 37.6 Å². The zero-order chi connectivity index (χ0) is 22.1. The minimum atomic E-state index is -0.873. The molecule has 0 spiro atoms. The molecule has 0 bridgehead atoms. The summed E-state index contributed by atoms with van der Waals surface area (Å²) < 4.78 is 2.04. The molecule has 31 heavy (non-hydrogen) atoms. The number of aromatic nitrogens is 2. The van der Waals surface area contributed by atoms with Crippen LogP contribution in [0.25, 0.3) is 11.0 Å². The summed E-state index contributed by atoms with van der Waals surface area (Å²) in [5.41, 5.74) is 3.23. The van der Waals surface area contributed by atoms with Crippen LogP contribution in [0.4, 0.5) is 10.5 Å². The van der Waals surface area contributed by atoms with Crippen molar-refractivity contribution in [1.29, 1.82) is 0 Å². The van der Waals surface area contributed by atoms with Gasteiger partial charge in [-0.05, 0) is 23.8 Å². The number of rotatable bonds is 6. The molecular weight excluding hydrogens is 394 g/mol. The van der Waals surface area contributed by atoms with Crippen molar-refractivity contribution in [3.63, 3.8) is 0 Å². The molecule has 0 radical (unpaired) electrons. The van der Waals surface area contributed by atoms with E-state index in [4.69, 9.17) is 0 Å². The molecule has 1 atom stereocenters. The third kappa shape index (κ3) is 4.14. The third-order valence-electron chi connectivity index (χ3n) is 5.40. The lowest BCUT2D eigenvalue weighted by atomic mass is 10.1. The molecule has 4 rings (SSSR count). The fraction of sp³-hybridized carbons (Fsp3) is 0.304. The van der Waals surface area contributed by atoms with Crippen molar-refractivity contribution in [3.8, 4) is 0 Å². The smallest absolute Gasteiger partial charge is 0.325 e. The van der Waals surface area contributed by atoms with E-state index in [1.165, 1.54) is 0 Å². The number of anilines is 1. The average molecular weight is 419 g/mol. The number of amides is 4. The highest BCUT2D eigenvalue weighted by atomic mass is 16.2. The monoisotopic (exact) mass is 419 g/mol. The summed E-state index contributed by atoms with van der Waals surface area (Å²) in [7, 11) is 1.97. The van der Waals surface area contributed by atoms with Crippen molar-refractivity contribution in [2.24, 2.45) is 7.05 Å². The lowest BCUT2D eigenvalue weighted by Gasteiger charge is -2.13. The van der Waals surface area contributed by atoms with Crippen molar-refractivity contribution in [2.75, 3.05) is 5.32 Å². The van der Waals surface area contributed by atoms with E-state index in [1.807, 2.05) is 60.1 Å². The van der Waals surface area contributed by atoms with E-state index < -0.39 is 18.0 Å². The van der Waals surface area contributed by atoms with Gasteiger partial charge in [-0.3, -0.25) is 14.5 Å². The topological polar surface area (TPSA) is 96.3 Å². The molecule has 2 aromatic carbocycles. The second-order valence-electron chi connectivity index (χ2n) is 8.05. The molecule has 0 unspecified atom stereocenters. The molecule has 1 aromatic heterocycles. The Kier molecular flexibility index (Phi) is 5.46. The first-order valence-corrected chi connectivity index (χ1v) is 10.3. The van der Waals surface area contributed by atoms with Crippen molar-refractivity contribution in [2.45, 2.75) is 38.8 Å². The molecule has 1 saturated heterocycles. The lowest BCUT2D eigenvalue weighted by Crippen LogP contribution is -2.34. The molecule has 2 N–H and O–H groups in total. The number of imidazole rings is 1. The molecule has 8 nitrogen and oxygen atoms in total. The van der Waals surface area contributed by atoms with Gasteiger partial charge in [-0.1, -0.05) is 44.2 Å². The SMILES string of the molecule is CC(C)c1nc2cc(NC(=O)C[C@@H]3NC(=O)N(Cc4ccccc4)C3=O)ccc2n1C. The molecule has 1 aliphatic heterocycles. The second kappa shape index (κ2) is 8.22. The number of hydrogen-bond donors (Lipinski definition) is 2. The Morgan fingerprint density at radius 1 is 1.16 bits per heavy atom. The first-order valence-electron chi connectivity index (χ1n) is 10.3. The molecule has 4 amide bonds. The van der Waals surface area contributed by atoms with Crippen LogP contribution in [0.5, 0.6) is 0 Å². The zero-order valence-electron chi connectivity index (χ0n) is 17.8. The van der Waals surface area contributed by atoms with E-state index in [0.717, 1.165) is 27.3 Å². The van der Waals surface area contributed by atoms with Gasteiger partial charge in [0.15, 0.2) is 0 Å². The Balaban J connectivity index is 1.41. The van der Waals surface area contributed by atoms with E-state index in [9.17, 15) is 14.4 Å². The first-order chi connectivity index (χ1) is 14.8. The quantitative estimate of drug-likeness (QED) is 0.600. The largest absolute Gasteiger partial charge is 0.331 e. The predicted molar refractivity (Wildman–Crippen MR) is 117 cm³/mol. The normalized spacial score (nSPS) is 16.3. The van der Waals surface area contributed by atoms with Crippen LogP contribution < -0.4 is 10.6 Å². The van der Waals surface area contributed by atoms with E-state index >= 15 is 0 Å². The standard InChI is InChI=1S/C23H25N5O3/c1-14(2)21-25-17-11-16(9-10-19(17)27(21)3)24-20(29)12-18-22(30)28(23(31)26-18)13-15-7-5-4-6-8-15/h4-11,14,18H,12-13H2,1-3H3,(H,24,29)(H,26,31)/t18-/m0/s1. The summed E-state index contributed by atoms with van der Waals surface area (Å²) in [4.78, 5) is 43.2. The fourth-order valence-corrected chi connectivity index (χ4v) is 3.84. The molecule has 2 heterocycles. The number of benzene rings is 2. The van der Waals surface area contributed by atoms with E-state index in [0.29, 0.717) is 5.69 Å². The van der Waals surface area contributed by atoms with Crippen LogP contribution in [0, 0.1) is 0 Å². The molecule has 0 saturated carbocycles. The number of imide groups is 1. The number of hydrogen-bond acceptors (Lipinski definition) is 4. The highest BCUT2D eigenvalue weighted by Crippen LogP contribution is 2.23. The van der Waals surface area contributed by atoms with Crippen molar-refractivity contribution >= 4 is 34.6 Å². The zero-order valence-corrected chi connectivity index (χ0v) is 17.8. The molecule has 1 aliphatic rings. The molecule has 160 valence electrons. The first kappa shape index (κ1) is 20.6. The van der Waals surface area contributed by atoms with Gasteiger partial charge in [0.2, 0.25) is 5.91 Å². The Morgan fingerprint density at radius 2 is 1.90 bits per heavy atom. The number of nitrogens with zero attached hydrogens (tertiary/aromatic N) is 3. The number of aryl methyl sites for hydroxylation is 1. The Morgan fingerprint density at radius 3 is 2.61 bits per heavy atom. The summed E-state index contributed by atoms with van der Waals surface area (Å²) in [6.45, 7) is 4.34. The Hall–Kier alpha value is -3.68. The van der Waals surface area contributed by atoms with Gasteiger partial charge >= 0.3 is 6.03 Å². The molecular formula is C23H25N5O3. The minimum Gasteiger partial charge on any atom is -0.331 e. The van der Waals surface area contributed by atoms with Gasteiger partial charge in [0.25, 0.3) is 5.91 Å². The van der Waals surface area contributed by atoms with Gasteiger partial charge in [0, 0.05) is 18.7 Å².